The van der Waals surface area contributed by atoms with Crippen molar-refractivity contribution in [3.8, 4) is 0 Å². The Balaban J connectivity index is 2.01. The normalized spacial score (nSPS) is 10.5. The van der Waals surface area contributed by atoms with Crippen molar-refractivity contribution in [1.82, 2.24) is 0 Å². The van der Waals surface area contributed by atoms with Gasteiger partial charge < -0.3 is 13.9 Å². The third-order valence-corrected chi connectivity index (χ3v) is 1.46. The van der Waals surface area contributed by atoms with Crippen LogP contribution in [0.3, 0.4) is 0 Å². The smallest absolute Gasteiger partial charge is 0.117 e. The van der Waals surface area contributed by atoms with Crippen LogP contribution in [-0.4, -0.2) is 13.2 Å². The molecule has 0 radical (unpaired) electrons. The lowest BCUT2D eigenvalue weighted by atomic mass is 10.3. The fraction of sp³-hybridized carbons (Fsp3) is 0.400. The molecule has 1 heterocycles. The average molecular weight is 182 g/mol. The van der Waals surface area contributed by atoms with Gasteiger partial charge in [0.05, 0.1) is 19.5 Å². The van der Waals surface area contributed by atoms with Crippen LogP contribution < -0.4 is 0 Å². The highest BCUT2D eigenvalue weighted by atomic mass is 16.5. The maximum Gasteiger partial charge on any atom is 0.117 e. The van der Waals surface area contributed by atoms with E-state index in [0.29, 0.717) is 13.2 Å². The van der Waals surface area contributed by atoms with Crippen molar-refractivity contribution in [3.63, 3.8) is 0 Å². The van der Waals surface area contributed by atoms with Crippen molar-refractivity contribution in [1.29, 1.82) is 0 Å². The van der Waals surface area contributed by atoms with Crippen LogP contribution in [0.4, 0.5) is 0 Å². The zero-order valence-corrected chi connectivity index (χ0v) is 7.73. The fourth-order valence-corrected chi connectivity index (χ4v) is 0.857. The summed E-state index contributed by atoms with van der Waals surface area (Å²) < 4.78 is 15.2. The molecule has 1 aromatic rings. The number of hydrogen-bond donors (Lipinski definition) is 0. The summed E-state index contributed by atoms with van der Waals surface area (Å²) >= 11 is 0. The van der Waals surface area contributed by atoms with Crippen molar-refractivity contribution in [3.05, 3.63) is 36.7 Å². The first-order valence-electron chi connectivity index (χ1n) is 4.34. The van der Waals surface area contributed by atoms with Crippen molar-refractivity contribution < 1.29 is 13.9 Å². The van der Waals surface area contributed by atoms with Crippen LogP contribution in [0.2, 0.25) is 0 Å². The highest BCUT2D eigenvalue weighted by Gasteiger charge is 1.93. The Morgan fingerprint density at radius 3 is 2.92 bits per heavy atom. The molecular formula is C10H14O3. The van der Waals surface area contributed by atoms with Gasteiger partial charge >= 0.3 is 0 Å². The summed E-state index contributed by atoms with van der Waals surface area (Å²) in [5.74, 6) is 0.935. The summed E-state index contributed by atoms with van der Waals surface area (Å²) in [6, 6.07) is 3.79. The molecule has 72 valence electrons. The highest BCUT2D eigenvalue weighted by molar-refractivity contribution is 4.97. The molecule has 0 saturated heterocycles. The quantitative estimate of drug-likeness (QED) is 0.500. The molecule has 1 rings (SSSR count). The molecule has 3 heteroatoms. The first-order valence-corrected chi connectivity index (χ1v) is 4.34. The minimum absolute atomic E-state index is 0.608. The second-order valence-corrected chi connectivity index (χ2v) is 2.43. The van der Waals surface area contributed by atoms with E-state index in [1.165, 1.54) is 0 Å². The van der Waals surface area contributed by atoms with Gasteiger partial charge in [-0.1, -0.05) is 0 Å². The number of hydrogen-bond acceptors (Lipinski definition) is 3. The number of ether oxygens (including phenoxy) is 2. The second kappa shape index (κ2) is 6.17. The SMILES string of the molecule is CCO/C=C/OCCc1ccco1. The molecule has 0 saturated carbocycles. The van der Waals surface area contributed by atoms with E-state index in [1.807, 2.05) is 19.1 Å². The Morgan fingerprint density at radius 2 is 2.23 bits per heavy atom. The fourth-order valence-electron chi connectivity index (χ4n) is 0.857. The van der Waals surface area contributed by atoms with Gasteiger partial charge in [-0.3, -0.25) is 0 Å². The van der Waals surface area contributed by atoms with E-state index in [4.69, 9.17) is 13.9 Å². The van der Waals surface area contributed by atoms with E-state index in [-0.39, 0.29) is 0 Å². The van der Waals surface area contributed by atoms with Crippen molar-refractivity contribution in [2.45, 2.75) is 13.3 Å². The molecule has 0 fully saturated rings. The monoisotopic (exact) mass is 182 g/mol. The Kier molecular flexibility index (Phi) is 4.61. The zero-order chi connectivity index (χ0) is 9.36. The average Bonchev–Trinajstić information content (AvgIpc) is 2.63. The molecule has 0 aliphatic heterocycles. The van der Waals surface area contributed by atoms with E-state index >= 15 is 0 Å². The van der Waals surface area contributed by atoms with Crippen LogP contribution in [0.5, 0.6) is 0 Å². The lowest BCUT2D eigenvalue weighted by Gasteiger charge is -1.98. The minimum Gasteiger partial charge on any atom is -0.498 e. The van der Waals surface area contributed by atoms with E-state index in [1.54, 1.807) is 18.8 Å². The van der Waals surface area contributed by atoms with Gasteiger partial charge in [-0.15, -0.1) is 0 Å². The second-order valence-electron chi connectivity index (χ2n) is 2.43. The topological polar surface area (TPSA) is 31.6 Å². The molecule has 0 aliphatic rings. The molecule has 13 heavy (non-hydrogen) atoms. The van der Waals surface area contributed by atoms with E-state index < -0.39 is 0 Å². The van der Waals surface area contributed by atoms with Crippen LogP contribution in [0, 0.1) is 0 Å². The van der Waals surface area contributed by atoms with Gasteiger partial charge in [0.25, 0.3) is 0 Å². The predicted octanol–water partition coefficient (Wildman–Crippen LogP) is 2.35. The third kappa shape index (κ3) is 4.25. The van der Waals surface area contributed by atoms with Gasteiger partial charge in [0.15, 0.2) is 0 Å². The van der Waals surface area contributed by atoms with Crippen LogP contribution in [0.1, 0.15) is 12.7 Å². The van der Waals surface area contributed by atoms with E-state index in [2.05, 4.69) is 0 Å². The molecule has 0 aromatic carbocycles. The molecule has 0 atom stereocenters. The van der Waals surface area contributed by atoms with Gasteiger partial charge in [0, 0.05) is 6.42 Å². The van der Waals surface area contributed by atoms with Gasteiger partial charge in [-0.25, -0.2) is 0 Å². The first kappa shape index (κ1) is 9.71. The Morgan fingerprint density at radius 1 is 1.38 bits per heavy atom. The molecule has 0 bridgehead atoms. The first-order chi connectivity index (χ1) is 6.43. The number of furan rings is 1. The van der Waals surface area contributed by atoms with Crippen LogP contribution >= 0.6 is 0 Å². The standard InChI is InChI=1S/C10H14O3/c1-2-11-8-9-12-7-5-10-4-3-6-13-10/h3-4,6,8-9H,2,5,7H2,1H3/b9-8+. The summed E-state index contributed by atoms with van der Waals surface area (Å²) in [6.45, 7) is 3.20. The molecule has 0 amide bonds. The maximum atomic E-state index is 5.14. The maximum absolute atomic E-state index is 5.14. The summed E-state index contributed by atoms with van der Waals surface area (Å²) in [6.07, 6.45) is 5.53. The van der Waals surface area contributed by atoms with Crippen LogP contribution in [0.25, 0.3) is 0 Å². The van der Waals surface area contributed by atoms with Crippen molar-refractivity contribution >= 4 is 0 Å². The Bertz CT molecular complexity index is 226. The van der Waals surface area contributed by atoms with E-state index in [9.17, 15) is 0 Å². The highest BCUT2D eigenvalue weighted by Crippen LogP contribution is 2.00. The van der Waals surface area contributed by atoms with Crippen LogP contribution in [-0.2, 0) is 15.9 Å². The summed E-state index contributed by atoms with van der Waals surface area (Å²) in [5.41, 5.74) is 0. The van der Waals surface area contributed by atoms with Crippen LogP contribution in [0.15, 0.2) is 35.3 Å². The summed E-state index contributed by atoms with van der Waals surface area (Å²) in [4.78, 5) is 0. The number of rotatable bonds is 6. The van der Waals surface area contributed by atoms with Gasteiger partial charge in [0.1, 0.15) is 18.3 Å². The van der Waals surface area contributed by atoms with Crippen molar-refractivity contribution in [2.75, 3.05) is 13.2 Å². The lowest BCUT2D eigenvalue weighted by molar-refractivity contribution is 0.210. The van der Waals surface area contributed by atoms with Crippen molar-refractivity contribution in [2.24, 2.45) is 0 Å². The van der Waals surface area contributed by atoms with Gasteiger partial charge in [-0.2, -0.15) is 0 Å². The van der Waals surface area contributed by atoms with E-state index in [0.717, 1.165) is 12.2 Å². The third-order valence-electron chi connectivity index (χ3n) is 1.46. The molecule has 0 N–H and O–H groups in total. The predicted molar refractivity (Wildman–Crippen MR) is 49.1 cm³/mol. The molecule has 0 spiro atoms. The lowest BCUT2D eigenvalue weighted by Crippen LogP contribution is -1.92. The molecular weight excluding hydrogens is 168 g/mol. The molecule has 0 unspecified atom stereocenters. The Labute approximate surface area is 78.0 Å². The molecule has 3 nitrogen and oxygen atoms in total. The summed E-state index contributed by atoms with van der Waals surface area (Å²) in [5, 5.41) is 0. The Hall–Kier alpha value is -1.38. The van der Waals surface area contributed by atoms with Gasteiger partial charge in [0.2, 0.25) is 0 Å². The molecule has 1 aromatic heterocycles. The zero-order valence-electron chi connectivity index (χ0n) is 7.73. The molecule has 0 aliphatic carbocycles. The van der Waals surface area contributed by atoms with Gasteiger partial charge in [-0.05, 0) is 19.1 Å². The summed E-state index contributed by atoms with van der Waals surface area (Å²) in [7, 11) is 0. The minimum atomic E-state index is 0.608. The largest absolute Gasteiger partial charge is 0.498 e.